The van der Waals surface area contributed by atoms with E-state index in [9.17, 15) is 4.39 Å². The minimum Gasteiger partial charge on any atom is -0.496 e. The highest BCUT2D eigenvalue weighted by molar-refractivity contribution is 5.91. The fourth-order valence-electron chi connectivity index (χ4n) is 4.94. The van der Waals surface area contributed by atoms with Crippen LogP contribution in [0.15, 0.2) is 60.7 Å². The van der Waals surface area contributed by atoms with Gasteiger partial charge in [0, 0.05) is 16.8 Å². The van der Waals surface area contributed by atoms with Crippen LogP contribution in [0.2, 0.25) is 0 Å². The van der Waals surface area contributed by atoms with Gasteiger partial charge in [0.05, 0.1) is 18.2 Å². The highest BCUT2D eigenvalue weighted by Gasteiger charge is 2.35. The zero-order valence-corrected chi connectivity index (χ0v) is 18.3. The van der Waals surface area contributed by atoms with Crippen LogP contribution in [0.5, 0.6) is 11.5 Å². The Kier molecular flexibility index (Phi) is 4.54. The van der Waals surface area contributed by atoms with E-state index in [0.717, 1.165) is 45.0 Å². The van der Waals surface area contributed by atoms with Crippen LogP contribution >= 0.6 is 0 Å². The number of alkyl halides is 1. The molecule has 0 saturated heterocycles. The van der Waals surface area contributed by atoms with E-state index in [2.05, 4.69) is 44.3 Å². The van der Waals surface area contributed by atoms with E-state index < -0.39 is 6.67 Å². The third kappa shape index (κ3) is 3.18. The van der Waals surface area contributed by atoms with Gasteiger partial charge in [-0.3, -0.25) is 0 Å². The average molecular weight is 416 g/mol. The normalized spacial score (nSPS) is 18.0. The Morgan fingerprint density at radius 1 is 1.06 bits per heavy atom. The van der Waals surface area contributed by atoms with Gasteiger partial charge in [0.1, 0.15) is 18.2 Å². The molecule has 2 heterocycles. The van der Waals surface area contributed by atoms with Gasteiger partial charge in [0.15, 0.2) is 6.10 Å². The molecule has 3 aromatic rings. The topological polar surface area (TPSA) is 30.5 Å². The molecule has 1 unspecified atom stereocenters. The smallest absolute Gasteiger partial charge is 0.150 e. The van der Waals surface area contributed by atoms with E-state index in [0.29, 0.717) is 5.56 Å². The molecule has 4 heteroatoms. The Bertz CT molecular complexity index is 1210. The molecule has 3 nitrogen and oxygen atoms in total. The lowest BCUT2D eigenvalue weighted by atomic mass is 9.80. The Morgan fingerprint density at radius 2 is 1.87 bits per heavy atom. The first-order chi connectivity index (χ1) is 14.9. The molecular formula is C27H26FNO2. The molecule has 0 aromatic heterocycles. The van der Waals surface area contributed by atoms with Gasteiger partial charge in [-0.2, -0.15) is 0 Å². The van der Waals surface area contributed by atoms with E-state index in [1.807, 2.05) is 36.4 Å². The summed E-state index contributed by atoms with van der Waals surface area (Å²) >= 11 is 0. The van der Waals surface area contributed by atoms with Gasteiger partial charge in [-0.05, 0) is 67.3 Å². The second-order valence-electron chi connectivity index (χ2n) is 8.83. The van der Waals surface area contributed by atoms with Crippen molar-refractivity contribution < 1.29 is 13.9 Å². The molecule has 0 bridgehead atoms. The van der Waals surface area contributed by atoms with Crippen molar-refractivity contribution in [2.75, 3.05) is 12.4 Å². The number of hydrogen-bond acceptors (Lipinski definition) is 3. The fourth-order valence-corrected chi connectivity index (χ4v) is 4.94. The molecule has 158 valence electrons. The van der Waals surface area contributed by atoms with Crippen molar-refractivity contribution >= 4 is 11.3 Å². The largest absolute Gasteiger partial charge is 0.496 e. The van der Waals surface area contributed by atoms with Crippen LogP contribution in [0.25, 0.3) is 16.7 Å². The number of allylic oxidation sites excluding steroid dienone is 1. The molecule has 5 rings (SSSR count). The first-order valence-corrected chi connectivity index (χ1v) is 10.6. The lowest BCUT2D eigenvalue weighted by molar-refractivity contribution is 0.241. The molecule has 31 heavy (non-hydrogen) atoms. The number of rotatable bonds is 3. The summed E-state index contributed by atoms with van der Waals surface area (Å²) in [6, 6.07) is 17.8. The zero-order valence-electron chi connectivity index (χ0n) is 18.3. The number of nitrogens with one attached hydrogen (secondary N) is 1. The molecule has 0 aliphatic carbocycles. The van der Waals surface area contributed by atoms with Gasteiger partial charge in [-0.15, -0.1) is 0 Å². The molecule has 2 aliphatic rings. The van der Waals surface area contributed by atoms with Gasteiger partial charge in [-0.1, -0.05) is 36.4 Å². The van der Waals surface area contributed by atoms with Crippen LogP contribution in [0.1, 0.15) is 49.1 Å². The second-order valence-corrected chi connectivity index (χ2v) is 8.83. The Labute approximate surface area is 182 Å². The van der Waals surface area contributed by atoms with Gasteiger partial charge in [0.2, 0.25) is 0 Å². The lowest BCUT2D eigenvalue weighted by Gasteiger charge is -2.37. The van der Waals surface area contributed by atoms with E-state index in [4.69, 9.17) is 9.47 Å². The number of ether oxygens (including phenoxy) is 2. The molecule has 3 aromatic carbocycles. The van der Waals surface area contributed by atoms with E-state index >= 15 is 0 Å². The highest BCUT2D eigenvalue weighted by Crippen LogP contribution is 2.53. The third-order valence-electron chi connectivity index (χ3n) is 6.07. The molecule has 1 N–H and O–H groups in total. The van der Waals surface area contributed by atoms with E-state index in [1.165, 1.54) is 5.57 Å². The van der Waals surface area contributed by atoms with Crippen molar-refractivity contribution in [3.8, 4) is 22.6 Å². The molecule has 0 saturated carbocycles. The van der Waals surface area contributed by atoms with E-state index in [1.54, 1.807) is 13.2 Å². The number of hydrogen-bond donors (Lipinski definition) is 1. The molecular weight excluding hydrogens is 389 g/mol. The fraction of sp³-hybridized carbons (Fsp3) is 0.259. The third-order valence-corrected chi connectivity index (χ3v) is 6.07. The standard InChI is InChI=1S/C27H26FNO2/c1-16-14-27(2,3)29-20-12-11-19-24-21(30-4)9-6-10-22(24)31-26(25(19)23(16)20)18-8-5-7-17(13-18)15-28/h5-14,26,29H,15H2,1-4H3. The summed E-state index contributed by atoms with van der Waals surface area (Å²) in [5.41, 5.74) is 8.00. The minimum atomic E-state index is -0.501. The monoisotopic (exact) mass is 415 g/mol. The van der Waals surface area contributed by atoms with Crippen molar-refractivity contribution in [1.29, 1.82) is 0 Å². The molecule has 1 atom stereocenters. The summed E-state index contributed by atoms with van der Waals surface area (Å²) in [7, 11) is 1.68. The summed E-state index contributed by atoms with van der Waals surface area (Å²) < 4.78 is 25.7. The maximum Gasteiger partial charge on any atom is 0.150 e. The van der Waals surface area contributed by atoms with Crippen molar-refractivity contribution in [3.05, 3.63) is 82.9 Å². The first kappa shape index (κ1) is 19.7. The Morgan fingerprint density at radius 3 is 2.65 bits per heavy atom. The average Bonchev–Trinajstić information content (AvgIpc) is 2.76. The SMILES string of the molecule is COc1cccc2c1-c1ccc3c(c1C(c1cccc(CF)c1)O2)C(C)=CC(C)(C)N3. The van der Waals surface area contributed by atoms with Crippen molar-refractivity contribution in [1.82, 2.24) is 0 Å². The van der Waals surface area contributed by atoms with Gasteiger partial charge in [0.25, 0.3) is 0 Å². The summed E-state index contributed by atoms with van der Waals surface area (Å²) in [6.07, 6.45) is 1.91. The predicted molar refractivity (Wildman–Crippen MR) is 124 cm³/mol. The van der Waals surface area contributed by atoms with Crippen LogP contribution in [-0.4, -0.2) is 12.6 Å². The number of halogens is 1. The quantitative estimate of drug-likeness (QED) is 0.504. The lowest BCUT2D eigenvalue weighted by Crippen LogP contribution is -2.32. The maximum atomic E-state index is 13.5. The second kappa shape index (κ2) is 7.16. The van der Waals surface area contributed by atoms with Crippen LogP contribution in [0.3, 0.4) is 0 Å². The number of methoxy groups -OCH3 is 1. The van der Waals surface area contributed by atoms with E-state index in [-0.39, 0.29) is 11.6 Å². The van der Waals surface area contributed by atoms with Crippen LogP contribution < -0.4 is 14.8 Å². The Hall–Kier alpha value is -3.27. The molecule has 0 fully saturated rings. The number of benzene rings is 3. The Balaban J connectivity index is 1.82. The van der Waals surface area contributed by atoms with Crippen molar-refractivity contribution in [3.63, 3.8) is 0 Å². The number of anilines is 1. The first-order valence-electron chi connectivity index (χ1n) is 10.6. The van der Waals surface area contributed by atoms with Crippen molar-refractivity contribution in [2.24, 2.45) is 0 Å². The van der Waals surface area contributed by atoms with Crippen LogP contribution in [0, 0.1) is 0 Å². The minimum absolute atomic E-state index is 0.139. The molecule has 0 amide bonds. The van der Waals surface area contributed by atoms with Gasteiger partial charge < -0.3 is 14.8 Å². The number of fused-ring (bicyclic) bond motifs is 5. The molecule has 0 spiro atoms. The van der Waals surface area contributed by atoms with Gasteiger partial charge >= 0.3 is 0 Å². The van der Waals surface area contributed by atoms with Crippen LogP contribution in [-0.2, 0) is 6.67 Å². The zero-order chi connectivity index (χ0) is 21.8. The summed E-state index contributed by atoms with van der Waals surface area (Å²) in [4.78, 5) is 0. The summed E-state index contributed by atoms with van der Waals surface area (Å²) in [5, 5.41) is 3.64. The molecule has 2 aliphatic heterocycles. The maximum absolute atomic E-state index is 13.5. The highest BCUT2D eigenvalue weighted by atomic mass is 19.1. The van der Waals surface area contributed by atoms with Crippen molar-refractivity contribution in [2.45, 2.75) is 39.1 Å². The summed E-state index contributed by atoms with van der Waals surface area (Å²) in [6.45, 7) is 5.97. The molecule has 0 radical (unpaired) electrons. The van der Waals surface area contributed by atoms with Crippen LogP contribution in [0.4, 0.5) is 10.1 Å². The van der Waals surface area contributed by atoms with Gasteiger partial charge in [-0.25, -0.2) is 4.39 Å². The predicted octanol–water partition coefficient (Wildman–Crippen LogP) is 6.92. The summed E-state index contributed by atoms with van der Waals surface area (Å²) in [5.74, 6) is 1.55.